The highest BCUT2D eigenvalue weighted by Gasteiger charge is 2.11. The van der Waals surface area contributed by atoms with Gasteiger partial charge in [-0.25, -0.2) is 0 Å². The molecule has 1 rings (SSSR count). The third-order valence-electron chi connectivity index (χ3n) is 2.09. The zero-order valence-corrected chi connectivity index (χ0v) is 12.0. The van der Waals surface area contributed by atoms with Crippen molar-refractivity contribution in [2.24, 2.45) is 0 Å². The summed E-state index contributed by atoms with van der Waals surface area (Å²) in [5.41, 5.74) is -0.127. The third-order valence-corrected chi connectivity index (χ3v) is 3.02. The number of hydrogen-bond donors (Lipinski definition) is 1. The molecule has 5 nitrogen and oxygen atoms in total. The minimum atomic E-state index is -0.319. The molecular weight excluding hydrogens is 332 g/mol. The van der Waals surface area contributed by atoms with E-state index in [1.165, 1.54) is 7.11 Å². The van der Waals surface area contributed by atoms with E-state index in [4.69, 9.17) is 32.1 Å². The fourth-order valence-corrected chi connectivity index (χ4v) is 2.05. The summed E-state index contributed by atoms with van der Waals surface area (Å²) < 4.78 is 5.74. The van der Waals surface area contributed by atoms with Gasteiger partial charge in [-0.3, -0.25) is 0 Å². The molecule has 19 heavy (non-hydrogen) atoms. The van der Waals surface area contributed by atoms with E-state index in [0.29, 0.717) is 20.9 Å². The molecule has 0 aliphatic rings. The van der Waals surface area contributed by atoms with E-state index in [0.717, 1.165) is 0 Å². The number of nitrogens with one attached hydrogen (secondary N) is 1. The minimum absolute atomic E-state index is 0.170. The Morgan fingerprint density at radius 2 is 1.89 bits per heavy atom. The Morgan fingerprint density at radius 3 is 2.37 bits per heavy atom. The topological polar surface area (TPSA) is 92.6 Å². The standard InChI is InChI=1S/C12H6BrClN4O/c1-19-12-3-10(9(14)2-8(12)13)18-11(6-17)7(4-15)5-16/h2-3,18H,1H3. The Labute approximate surface area is 123 Å². The lowest BCUT2D eigenvalue weighted by Gasteiger charge is -2.10. The van der Waals surface area contributed by atoms with Crippen molar-refractivity contribution in [1.29, 1.82) is 15.8 Å². The number of nitrogens with zero attached hydrogens (tertiary/aromatic N) is 3. The summed E-state index contributed by atoms with van der Waals surface area (Å²) in [4.78, 5) is 0. The van der Waals surface area contributed by atoms with Crippen molar-refractivity contribution in [3.05, 3.63) is 32.9 Å². The lowest BCUT2D eigenvalue weighted by molar-refractivity contribution is 0.412. The lowest BCUT2D eigenvalue weighted by Crippen LogP contribution is -2.01. The van der Waals surface area contributed by atoms with Crippen molar-refractivity contribution in [3.63, 3.8) is 0 Å². The summed E-state index contributed by atoms with van der Waals surface area (Å²) in [5.74, 6) is 0.500. The number of methoxy groups -OCH3 is 1. The van der Waals surface area contributed by atoms with Gasteiger partial charge in [-0.05, 0) is 22.0 Å². The number of hydrogen-bond acceptors (Lipinski definition) is 5. The maximum Gasteiger partial charge on any atom is 0.163 e. The molecule has 0 aliphatic carbocycles. The average Bonchev–Trinajstić information content (AvgIpc) is 2.41. The smallest absolute Gasteiger partial charge is 0.163 e. The maximum absolute atomic E-state index is 8.94. The molecule has 7 heteroatoms. The first-order valence-corrected chi connectivity index (χ1v) is 5.99. The Hall–Kier alpha value is -2.20. The van der Waals surface area contributed by atoms with Crippen LogP contribution in [0.25, 0.3) is 0 Å². The summed E-state index contributed by atoms with van der Waals surface area (Å²) in [5, 5.41) is 29.4. The van der Waals surface area contributed by atoms with Crippen LogP contribution < -0.4 is 10.1 Å². The summed E-state index contributed by atoms with van der Waals surface area (Å²) in [6, 6.07) is 8.14. The fraction of sp³-hybridized carbons (Fsp3) is 0.0833. The number of anilines is 1. The highest BCUT2D eigenvalue weighted by molar-refractivity contribution is 9.10. The quantitative estimate of drug-likeness (QED) is 0.854. The lowest BCUT2D eigenvalue weighted by atomic mass is 10.2. The molecular formula is C12H6BrClN4O. The molecule has 1 aromatic carbocycles. The van der Waals surface area contributed by atoms with Crippen LogP contribution in [0.4, 0.5) is 5.69 Å². The second-order valence-electron chi connectivity index (χ2n) is 3.18. The first kappa shape index (κ1) is 14.9. The first-order chi connectivity index (χ1) is 9.07. The van der Waals surface area contributed by atoms with Gasteiger partial charge in [-0.2, -0.15) is 15.8 Å². The maximum atomic E-state index is 8.94. The number of rotatable bonds is 3. The van der Waals surface area contributed by atoms with Crippen LogP contribution in [0, 0.1) is 34.0 Å². The van der Waals surface area contributed by atoms with Gasteiger partial charge in [0.15, 0.2) is 5.57 Å². The van der Waals surface area contributed by atoms with Gasteiger partial charge in [0.05, 0.1) is 22.3 Å². The van der Waals surface area contributed by atoms with Crippen molar-refractivity contribution in [2.45, 2.75) is 0 Å². The minimum Gasteiger partial charge on any atom is -0.495 e. The molecule has 0 fully saturated rings. The molecule has 0 aromatic heterocycles. The highest BCUT2D eigenvalue weighted by Crippen LogP contribution is 2.35. The number of nitriles is 3. The monoisotopic (exact) mass is 336 g/mol. The molecule has 1 aromatic rings. The van der Waals surface area contributed by atoms with E-state index in [1.807, 2.05) is 0 Å². The predicted octanol–water partition coefficient (Wildman–Crippen LogP) is 3.35. The molecule has 0 spiro atoms. The normalized spacial score (nSPS) is 8.63. The van der Waals surface area contributed by atoms with Gasteiger partial charge in [0.2, 0.25) is 0 Å². The van der Waals surface area contributed by atoms with Crippen LogP contribution in [0.15, 0.2) is 27.9 Å². The van der Waals surface area contributed by atoms with Crippen molar-refractivity contribution in [3.8, 4) is 24.0 Å². The van der Waals surface area contributed by atoms with Gasteiger partial charge in [-0.15, -0.1) is 0 Å². The largest absolute Gasteiger partial charge is 0.495 e. The average molecular weight is 338 g/mol. The van der Waals surface area contributed by atoms with Gasteiger partial charge in [0.1, 0.15) is 29.7 Å². The van der Waals surface area contributed by atoms with Crippen LogP contribution in [0.3, 0.4) is 0 Å². The van der Waals surface area contributed by atoms with E-state index in [-0.39, 0.29) is 11.3 Å². The Balaban J connectivity index is 3.28. The number of ether oxygens (including phenoxy) is 1. The van der Waals surface area contributed by atoms with E-state index >= 15 is 0 Å². The molecule has 1 N–H and O–H groups in total. The van der Waals surface area contributed by atoms with E-state index in [1.54, 1.807) is 30.3 Å². The van der Waals surface area contributed by atoms with Gasteiger partial charge in [0.25, 0.3) is 0 Å². The van der Waals surface area contributed by atoms with Crippen LogP contribution >= 0.6 is 27.5 Å². The predicted molar refractivity (Wildman–Crippen MR) is 73.2 cm³/mol. The Kier molecular flexibility index (Phi) is 5.21. The molecule has 0 atom stereocenters. The van der Waals surface area contributed by atoms with Gasteiger partial charge in [-0.1, -0.05) is 11.6 Å². The molecule has 94 valence electrons. The molecule has 0 saturated carbocycles. The summed E-state index contributed by atoms with van der Waals surface area (Å²) in [7, 11) is 1.48. The molecule has 0 radical (unpaired) electrons. The molecule has 0 unspecified atom stereocenters. The van der Waals surface area contributed by atoms with Crippen LogP contribution in [0.5, 0.6) is 5.75 Å². The van der Waals surface area contributed by atoms with Gasteiger partial charge >= 0.3 is 0 Å². The number of halogens is 2. The van der Waals surface area contributed by atoms with Gasteiger partial charge in [0, 0.05) is 6.07 Å². The summed E-state index contributed by atoms with van der Waals surface area (Å²) in [6.07, 6.45) is 0. The molecule has 0 amide bonds. The zero-order chi connectivity index (χ0) is 14.4. The van der Waals surface area contributed by atoms with Crippen LogP contribution in [0.1, 0.15) is 0 Å². The second-order valence-corrected chi connectivity index (χ2v) is 4.44. The Bertz CT molecular complexity index is 648. The summed E-state index contributed by atoms with van der Waals surface area (Å²) >= 11 is 9.27. The SMILES string of the molecule is COc1cc(NC(C#N)=C(C#N)C#N)c(Cl)cc1Br. The highest BCUT2D eigenvalue weighted by atomic mass is 79.9. The molecule has 0 bridgehead atoms. The van der Waals surface area contributed by atoms with E-state index < -0.39 is 0 Å². The van der Waals surface area contributed by atoms with E-state index in [2.05, 4.69) is 21.2 Å². The zero-order valence-electron chi connectivity index (χ0n) is 9.66. The summed E-state index contributed by atoms with van der Waals surface area (Å²) in [6.45, 7) is 0. The molecule has 0 aliphatic heterocycles. The number of benzene rings is 1. The van der Waals surface area contributed by atoms with Crippen LogP contribution in [-0.4, -0.2) is 7.11 Å². The van der Waals surface area contributed by atoms with E-state index in [9.17, 15) is 0 Å². The molecule has 0 heterocycles. The first-order valence-electron chi connectivity index (χ1n) is 4.82. The fourth-order valence-electron chi connectivity index (χ4n) is 1.20. The number of allylic oxidation sites excluding steroid dienone is 2. The van der Waals surface area contributed by atoms with Crippen LogP contribution in [0.2, 0.25) is 5.02 Å². The second kappa shape index (κ2) is 6.66. The van der Waals surface area contributed by atoms with Crippen LogP contribution in [-0.2, 0) is 0 Å². The third kappa shape index (κ3) is 3.39. The van der Waals surface area contributed by atoms with Crippen molar-refractivity contribution >= 4 is 33.2 Å². The van der Waals surface area contributed by atoms with Crippen molar-refractivity contribution in [1.82, 2.24) is 0 Å². The van der Waals surface area contributed by atoms with Crippen molar-refractivity contribution in [2.75, 3.05) is 12.4 Å². The van der Waals surface area contributed by atoms with Gasteiger partial charge < -0.3 is 10.1 Å². The molecule has 0 saturated heterocycles. The Morgan fingerprint density at radius 1 is 1.26 bits per heavy atom. The van der Waals surface area contributed by atoms with Crippen molar-refractivity contribution < 1.29 is 4.74 Å².